The highest BCUT2D eigenvalue weighted by Crippen LogP contribution is 2.15. The first-order valence-corrected chi connectivity index (χ1v) is 26.6. The Morgan fingerprint density at radius 1 is 0.323 bits per heavy atom. The zero-order chi connectivity index (χ0) is 45.1. The first kappa shape index (κ1) is 59.4. The third-order valence-corrected chi connectivity index (χ3v) is 11.6. The Kier molecular flexibility index (Phi) is 48.8. The second kappa shape index (κ2) is 51.0. The van der Waals surface area contributed by atoms with Crippen LogP contribution in [0.15, 0.2) is 48.6 Å². The van der Waals surface area contributed by atoms with Crippen molar-refractivity contribution in [1.29, 1.82) is 0 Å². The van der Waals surface area contributed by atoms with Gasteiger partial charge >= 0.3 is 17.9 Å². The molecule has 0 fully saturated rings. The molecule has 0 aromatic heterocycles. The summed E-state index contributed by atoms with van der Waals surface area (Å²) in [5.41, 5.74) is 0. The van der Waals surface area contributed by atoms with Crippen molar-refractivity contribution in [2.75, 3.05) is 13.2 Å². The highest BCUT2D eigenvalue weighted by Gasteiger charge is 2.19. The minimum atomic E-state index is -0.778. The summed E-state index contributed by atoms with van der Waals surface area (Å²) in [6.45, 7) is 6.57. The second-order valence-electron chi connectivity index (χ2n) is 17.8. The van der Waals surface area contributed by atoms with Crippen LogP contribution in [-0.4, -0.2) is 37.2 Å². The summed E-state index contributed by atoms with van der Waals surface area (Å²) in [5, 5.41) is 0. The quantitative estimate of drug-likeness (QED) is 0.0262. The predicted molar refractivity (Wildman–Crippen MR) is 265 cm³/mol. The molecular formula is C56H100O6. The number of hydrogen-bond donors (Lipinski definition) is 0. The summed E-state index contributed by atoms with van der Waals surface area (Å²) in [6.07, 6.45) is 61.0. The van der Waals surface area contributed by atoms with Gasteiger partial charge in [-0.3, -0.25) is 14.4 Å². The number of unbranched alkanes of at least 4 members (excludes halogenated alkanes) is 29. The molecule has 0 N–H and O–H groups in total. The van der Waals surface area contributed by atoms with Crippen LogP contribution in [-0.2, 0) is 28.6 Å². The Labute approximate surface area is 384 Å². The first-order valence-electron chi connectivity index (χ1n) is 26.6. The van der Waals surface area contributed by atoms with Crippen LogP contribution >= 0.6 is 0 Å². The maximum absolute atomic E-state index is 12.8. The number of carbonyl (C=O) groups is 3. The van der Waals surface area contributed by atoms with Crippen LogP contribution in [0.1, 0.15) is 271 Å². The van der Waals surface area contributed by atoms with Gasteiger partial charge in [0.25, 0.3) is 0 Å². The molecule has 0 aromatic carbocycles. The van der Waals surface area contributed by atoms with Gasteiger partial charge in [-0.05, 0) is 83.5 Å². The maximum Gasteiger partial charge on any atom is 0.306 e. The smallest absolute Gasteiger partial charge is 0.306 e. The largest absolute Gasteiger partial charge is 0.462 e. The van der Waals surface area contributed by atoms with Crippen molar-refractivity contribution in [2.24, 2.45) is 0 Å². The lowest BCUT2D eigenvalue weighted by molar-refractivity contribution is -0.167. The lowest BCUT2D eigenvalue weighted by Crippen LogP contribution is -2.30. The number of allylic oxidation sites excluding steroid dienone is 8. The van der Waals surface area contributed by atoms with Crippen LogP contribution in [0.3, 0.4) is 0 Å². The zero-order valence-corrected chi connectivity index (χ0v) is 41.1. The van der Waals surface area contributed by atoms with Crippen molar-refractivity contribution < 1.29 is 28.6 Å². The summed E-state index contributed by atoms with van der Waals surface area (Å²) >= 11 is 0. The van der Waals surface area contributed by atoms with E-state index in [0.717, 1.165) is 89.9 Å². The topological polar surface area (TPSA) is 78.9 Å². The molecule has 0 aliphatic heterocycles. The van der Waals surface area contributed by atoms with Gasteiger partial charge in [0.15, 0.2) is 6.10 Å². The molecule has 62 heavy (non-hydrogen) atoms. The molecule has 0 heterocycles. The Bertz CT molecular complexity index is 1090. The van der Waals surface area contributed by atoms with Crippen LogP contribution in [0.2, 0.25) is 0 Å². The fourth-order valence-electron chi connectivity index (χ4n) is 7.50. The average molecular weight is 869 g/mol. The fourth-order valence-corrected chi connectivity index (χ4v) is 7.50. The van der Waals surface area contributed by atoms with Gasteiger partial charge in [0.05, 0.1) is 0 Å². The molecule has 360 valence electrons. The minimum Gasteiger partial charge on any atom is -0.462 e. The number of rotatable bonds is 48. The number of carbonyl (C=O) groups excluding carboxylic acids is 3. The standard InChI is InChI=1S/C56H100O6/c1-4-7-10-13-16-19-21-23-25-26-27-28-29-30-32-33-35-37-40-43-46-49-55(58)61-52-53(51-60-54(57)48-45-42-39-18-15-12-9-6-3)62-56(59)50-47-44-41-38-36-34-31-24-22-20-17-14-11-8-5-2/h17,20-21,23-24,26-27,31,53H,4-16,18-19,22,25,28-30,32-52H2,1-3H3/b20-17-,23-21-,27-26-,31-24-. The van der Waals surface area contributed by atoms with Crippen LogP contribution in [0.25, 0.3) is 0 Å². The molecule has 1 unspecified atom stereocenters. The molecule has 6 heteroatoms. The van der Waals surface area contributed by atoms with Gasteiger partial charge < -0.3 is 14.2 Å². The molecule has 0 saturated heterocycles. The summed E-state index contributed by atoms with van der Waals surface area (Å²) in [4.78, 5) is 37.9. The van der Waals surface area contributed by atoms with Crippen molar-refractivity contribution >= 4 is 17.9 Å². The molecule has 0 radical (unpaired) electrons. The van der Waals surface area contributed by atoms with E-state index in [-0.39, 0.29) is 31.1 Å². The third-order valence-electron chi connectivity index (χ3n) is 11.6. The Balaban J connectivity index is 4.26. The summed E-state index contributed by atoms with van der Waals surface area (Å²) in [7, 11) is 0. The van der Waals surface area contributed by atoms with Crippen molar-refractivity contribution in [3.8, 4) is 0 Å². The minimum absolute atomic E-state index is 0.0787. The lowest BCUT2D eigenvalue weighted by Gasteiger charge is -2.18. The molecule has 6 nitrogen and oxygen atoms in total. The van der Waals surface area contributed by atoms with Gasteiger partial charge in [-0.1, -0.05) is 217 Å². The Morgan fingerprint density at radius 3 is 0.919 bits per heavy atom. The molecule has 1 atom stereocenters. The van der Waals surface area contributed by atoms with E-state index in [0.29, 0.717) is 19.3 Å². The van der Waals surface area contributed by atoms with Gasteiger partial charge in [0.1, 0.15) is 13.2 Å². The molecule has 0 aliphatic rings. The van der Waals surface area contributed by atoms with Gasteiger partial charge in [0.2, 0.25) is 0 Å². The third kappa shape index (κ3) is 48.4. The number of ether oxygens (including phenoxy) is 3. The van der Waals surface area contributed by atoms with E-state index in [1.807, 2.05) is 0 Å². The van der Waals surface area contributed by atoms with E-state index >= 15 is 0 Å². The van der Waals surface area contributed by atoms with Crippen LogP contribution in [0, 0.1) is 0 Å². The Hall–Kier alpha value is -2.63. The van der Waals surface area contributed by atoms with E-state index in [4.69, 9.17) is 14.2 Å². The normalized spacial score (nSPS) is 12.4. The molecule has 0 spiro atoms. The van der Waals surface area contributed by atoms with Crippen LogP contribution in [0.5, 0.6) is 0 Å². The van der Waals surface area contributed by atoms with Gasteiger partial charge in [0, 0.05) is 19.3 Å². The van der Waals surface area contributed by atoms with Crippen molar-refractivity contribution in [3.63, 3.8) is 0 Å². The summed E-state index contributed by atoms with van der Waals surface area (Å²) in [5.74, 6) is -0.894. The molecule has 0 aliphatic carbocycles. The average Bonchev–Trinajstić information content (AvgIpc) is 3.27. The van der Waals surface area contributed by atoms with Crippen LogP contribution in [0.4, 0.5) is 0 Å². The molecule has 0 bridgehead atoms. The van der Waals surface area contributed by atoms with Gasteiger partial charge in [-0.15, -0.1) is 0 Å². The van der Waals surface area contributed by atoms with E-state index in [1.54, 1.807) is 0 Å². The van der Waals surface area contributed by atoms with Crippen LogP contribution < -0.4 is 0 Å². The summed E-state index contributed by atoms with van der Waals surface area (Å²) < 4.78 is 16.8. The van der Waals surface area contributed by atoms with E-state index in [1.165, 1.54) is 141 Å². The van der Waals surface area contributed by atoms with E-state index < -0.39 is 6.10 Å². The number of esters is 3. The second-order valence-corrected chi connectivity index (χ2v) is 17.8. The van der Waals surface area contributed by atoms with E-state index in [2.05, 4.69) is 69.4 Å². The lowest BCUT2D eigenvalue weighted by atomic mass is 10.1. The SMILES string of the molecule is CCCCC/C=C\C/C=C\CCCCCCCC(=O)OC(COC(=O)CCCCCCCCCC)COC(=O)CCCCCCCCCCC/C=C\C/C=C\CCCCCCC. The molecule has 0 saturated carbocycles. The zero-order valence-electron chi connectivity index (χ0n) is 41.1. The van der Waals surface area contributed by atoms with Crippen molar-refractivity contribution in [3.05, 3.63) is 48.6 Å². The predicted octanol–water partition coefficient (Wildman–Crippen LogP) is 17.5. The highest BCUT2D eigenvalue weighted by atomic mass is 16.6. The molecule has 0 rings (SSSR count). The molecular weight excluding hydrogens is 769 g/mol. The van der Waals surface area contributed by atoms with Gasteiger partial charge in [-0.25, -0.2) is 0 Å². The number of hydrogen-bond acceptors (Lipinski definition) is 6. The maximum atomic E-state index is 12.8. The fraction of sp³-hybridized carbons (Fsp3) is 0.804. The van der Waals surface area contributed by atoms with Crippen molar-refractivity contribution in [1.82, 2.24) is 0 Å². The van der Waals surface area contributed by atoms with Gasteiger partial charge in [-0.2, -0.15) is 0 Å². The first-order chi connectivity index (χ1) is 30.5. The Morgan fingerprint density at radius 2 is 0.581 bits per heavy atom. The monoisotopic (exact) mass is 869 g/mol. The highest BCUT2D eigenvalue weighted by molar-refractivity contribution is 5.71. The summed E-state index contributed by atoms with van der Waals surface area (Å²) in [6, 6.07) is 0. The van der Waals surface area contributed by atoms with Crippen molar-refractivity contribution in [2.45, 2.75) is 277 Å². The molecule has 0 aromatic rings. The van der Waals surface area contributed by atoms with E-state index in [9.17, 15) is 14.4 Å². The molecule has 0 amide bonds.